The molecule has 0 atom stereocenters. The molecule has 0 amide bonds. The van der Waals surface area contributed by atoms with E-state index in [2.05, 4.69) is 25.8 Å². The van der Waals surface area contributed by atoms with E-state index in [0.29, 0.717) is 13.0 Å². The van der Waals surface area contributed by atoms with E-state index in [-0.39, 0.29) is 4.90 Å². The molecule has 0 saturated heterocycles. The third-order valence-electron chi connectivity index (χ3n) is 3.47. The van der Waals surface area contributed by atoms with Gasteiger partial charge in [-0.05, 0) is 42.3 Å². The maximum atomic E-state index is 12.2. The molecule has 3 rings (SSSR count). The highest BCUT2D eigenvalue weighted by atomic mass is 79.9. The van der Waals surface area contributed by atoms with E-state index in [0.717, 1.165) is 15.7 Å². The van der Waals surface area contributed by atoms with Gasteiger partial charge in [0.1, 0.15) is 0 Å². The fraction of sp³-hybridized carbons (Fsp3) is 0.118. The molecule has 1 N–H and O–H groups in total. The van der Waals surface area contributed by atoms with Crippen LogP contribution in [0.4, 0.5) is 0 Å². The molecule has 0 unspecified atom stereocenters. The number of halogens is 1. The SMILES string of the molecule is O=S(=O)(NCCc1cnn(-c2ccccc2)c1)c1cccc(Br)c1. The molecule has 7 heteroatoms. The average Bonchev–Trinajstić information content (AvgIpc) is 3.04. The van der Waals surface area contributed by atoms with Crippen LogP contribution in [0.3, 0.4) is 0 Å². The molecule has 0 saturated carbocycles. The van der Waals surface area contributed by atoms with Crippen molar-refractivity contribution in [3.63, 3.8) is 0 Å². The first-order chi connectivity index (χ1) is 11.5. The van der Waals surface area contributed by atoms with Crippen LogP contribution in [0.25, 0.3) is 5.69 Å². The summed E-state index contributed by atoms with van der Waals surface area (Å²) in [7, 11) is -3.51. The minimum atomic E-state index is -3.51. The van der Waals surface area contributed by atoms with E-state index in [4.69, 9.17) is 0 Å². The van der Waals surface area contributed by atoms with Crippen molar-refractivity contribution < 1.29 is 8.42 Å². The summed E-state index contributed by atoms with van der Waals surface area (Å²) in [4.78, 5) is 0.247. The molecule has 1 aromatic heterocycles. The summed E-state index contributed by atoms with van der Waals surface area (Å²) in [6, 6.07) is 16.4. The lowest BCUT2D eigenvalue weighted by atomic mass is 10.2. The van der Waals surface area contributed by atoms with Crippen LogP contribution in [0.5, 0.6) is 0 Å². The van der Waals surface area contributed by atoms with Gasteiger partial charge in [-0.2, -0.15) is 5.10 Å². The minimum Gasteiger partial charge on any atom is -0.241 e. The molecule has 2 aromatic carbocycles. The second-order valence-corrected chi connectivity index (χ2v) is 7.92. The first kappa shape index (κ1) is 16.9. The highest BCUT2D eigenvalue weighted by Crippen LogP contribution is 2.16. The van der Waals surface area contributed by atoms with Crippen molar-refractivity contribution in [2.24, 2.45) is 0 Å². The van der Waals surface area contributed by atoms with Gasteiger partial charge >= 0.3 is 0 Å². The molecule has 0 fully saturated rings. The predicted octanol–water partition coefficient (Wildman–Crippen LogP) is 3.16. The first-order valence-corrected chi connectivity index (χ1v) is 9.66. The van der Waals surface area contributed by atoms with Crippen LogP contribution < -0.4 is 4.72 Å². The van der Waals surface area contributed by atoms with E-state index in [1.165, 1.54) is 0 Å². The van der Waals surface area contributed by atoms with Gasteiger partial charge in [-0.3, -0.25) is 0 Å². The van der Waals surface area contributed by atoms with Gasteiger partial charge < -0.3 is 0 Å². The third-order valence-corrected chi connectivity index (χ3v) is 5.42. The largest absolute Gasteiger partial charge is 0.241 e. The van der Waals surface area contributed by atoms with Gasteiger partial charge in [-0.1, -0.05) is 40.2 Å². The second-order valence-electron chi connectivity index (χ2n) is 5.23. The zero-order chi connectivity index (χ0) is 17.0. The average molecular weight is 406 g/mol. The molecular weight excluding hydrogens is 390 g/mol. The zero-order valence-electron chi connectivity index (χ0n) is 12.8. The predicted molar refractivity (Wildman–Crippen MR) is 96.6 cm³/mol. The van der Waals surface area contributed by atoms with Crippen molar-refractivity contribution in [1.29, 1.82) is 0 Å². The Morgan fingerprint density at radius 2 is 1.88 bits per heavy atom. The Labute approximate surface area is 149 Å². The van der Waals surface area contributed by atoms with Gasteiger partial charge in [-0.15, -0.1) is 0 Å². The lowest BCUT2D eigenvalue weighted by Crippen LogP contribution is -2.25. The first-order valence-electron chi connectivity index (χ1n) is 7.39. The molecular formula is C17H16BrN3O2S. The van der Waals surface area contributed by atoms with Crippen LogP contribution in [-0.2, 0) is 16.4 Å². The Bertz CT molecular complexity index is 924. The van der Waals surface area contributed by atoms with Crippen molar-refractivity contribution in [1.82, 2.24) is 14.5 Å². The Morgan fingerprint density at radius 3 is 2.62 bits per heavy atom. The van der Waals surface area contributed by atoms with E-state index >= 15 is 0 Å². The number of sulfonamides is 1. The molecule has 24 heavy (non-hydrogen) atoms. The summed E-state index contributed by atoms with van der Waals surface area (Å²) in [6.45, 7) is 0.315. The quantitative estimate of drug-likeness (QED) is 0.684. The number of hydrogen-bond donors (Lipinski definition) is 1. The standard InChI is InChI=1S/C17H16BrN3O2S/c18-15-5-4-8-17(11-15)24(22,23)20-10-9-14-12-19-21(13-14)16-6-2-1-3-7-16/h1-8,11-13,20H,9-10H2. The normalized spacial score (nSPS) is 11.5. The Kier molecular flexibility index (Phi) is 5.13. The molecule has 0 aliphatic carbocycles. The van der Waals surface area contributed by atoms with Crippen LogP contribution in [0, 0.1) is 0 Å². The molecule has 0 spiro atoms. The Hall–Kier alpha value is -1.96. The Balaban J connectivity index is 1.62. The maximum absolute atomic E-state index is 12.2. The van der Waals surface area contributed by atoms with E-state index in [9.17, 15) is 8.42 Å². The van der Waals surface area contributed by atoms with Gasteiger partial charge in [-0.25, -0.2) is 17.8 Å². The van der Waals surface area contributed by atoms with Gasteiger partial charge in [0.05, 0.1) is 16.8 Å². The molecule has 5 nitrogen and oxygen atoms in total. The number of nitrogens with zero attached hydrogens (tertiary/aromatic N) is 2. The fourth-order valence-electron chi connectivity index (χ4n) is 2.26. The maximum Gasteiger partial charge on any atom is 0.240 e. The van der Waals surface area contributed by atoms with Gasteiger partial charge in [0.25, 0.3) is 0 Å². The number of rotatable bonds is 6. The van der Waals surface area contributed by atoms with Gasteiger partial charge in [0.15, 0.2) is 0 Å². The van der Waals surface area contributed by atoms with E-state index in [1.54, 1.807) is 35.1 Å². The van der Waals surface area contributed by atoms with Crippen LogP contribution in [0.15, 0.2) is 76.4 Å². The molecule has 3 aromatic rings. The number of benzene rings is 2. The van der Waals surface area contributed by atoms with Crippen molar-refractivity contribution in [3.8, 4) is 5.69 Å². The van der Waals surface area contributed by atoms with Crippen molar-refractivity contribution in [3.05, 3.63) is 77.0 Å². The molecule has 0 aliphatic heterocycles. The summed E-state index contributed by atoms with van der Waals surface area (Å²) < 4.78 is 29.6. The summed E-state index contributed by atoms with van der Waals surface area (Å²) >= 11 is 3.28. The number of para-hydroxylation sites is 1. The Morgan fingerprint density at radius 1 is 1.08 bits per heavy atom. The molecule has 124 valence electrons. The number of hydrogen-bond acceptors (Lipinski definition) is 3. The smallest absolute Gasteiger partial charge is 0.240 e. The molecule has 0 radical (unpaired) electrons. The summed E-state index contributed by atoms with van der Waals surface area (Å²) in [5.41, 5.74) is 1.94. The summed E-state index contributed by atoms with van der Waals surface area (Å²) in [6.07, 6.45) is 4.23. The number of nitrogens with one attached hydrogen (secondary N) is 1. The second kappa shape index (κ2) is 7.29. The topological polar surface area (TPSA) is 64.0 Å². The summed E-state index contributed by atoms with van der Waals surface area (Å²) in [5.74, 6) is 0. The van der Waals surface area contributed by atoms with Gasteiger partial charge in [0, 0.05) is 17.2 Å². The van der Waals surface area contributed by atoms with Crippen molar-refractivity contribution in [2.75, 3.05) is 6.54 Å². The third kappa shape index (κ3) is 4.11. The fourth-order valence-corrected chi connectivity index (χ4v) is 3.89. The van der Waals surface area contributed by atoms with Crippen LogP contribution in [0.1, 0.15) is 5.56 Å². The highest BCUT2D eigenvalue weighted by molar-refractivity contribution is 9.10. The van der Waals surface area contributed by atoms with Gasteiger partial charge in [0.2, 0.25) is 10.0 Å². The van der Waals surface area contributed by atoms with Crippen LogP contribution in [0.2, 0.25) is 0 Å². The summed E-state index contributed by atoms with van der Waals surface area (Å²) in [5, 5.41) is 4.30. The molecule has 1 heterocycles. The van der Waals surface area contributed by atoms with Crippen LogP contribution >= 0.6 is 15.9 Å². The van der Waals surface area contributed by atoms with E-state index in [1.807, 2.05) is 36.5 Å². The lowest BCUT2D eigenvalue weighted by Gasteiger charge is -2.06. The zero-order valence-corrected chi connectivity index (χ0v) is 15.2. The van der Waals surface area contributed by atoms with E-state index < -0.39 is 10.0 Å². The lowest BCUT2D eigenvalue weighted by molar-refractivity contribution is 0.581. The minimum absolute atomic E-state index is 0.247. The monoisotopic (exact) mass is 405 g/mol. The highest BCUT2D eigenvalue weighted by Gasteiger charge is 2.13. The molecule has 0 bridgehead atoms. The number of aromatic nitrogens is 2. The van der Waals surface area contributed by atoms with Crippen LogP contribution in [-0.4, -0.2) is 24.7 Å². The van der Waals surface area contributed by atoms with Crippen molar-refractivity contribution >= 4 is 26.0 Å². The molecule has 0 aliphatic rings. The van der Waals surface area contributed by atoms with Crippen molar-refractivity contribution in [2.45, 2.75) is 11.3 Å².